The standard InChI is InChI=1S/C8H17N5O/c1-3-4-7(14)5-9-6-8-10-12-13(2)11-8/h7,9,14H,3-6H2,1-2H3. The fourth-order valence-corrected chi connectivity index (χ4v) is 1.18. The summed E-state index contributed by atoms with van der Waals surface area (Å²) in [6.07, 6.45) is 1.53. The van der Waals surface area contributed by atoms with Gasteiger partial charge in [-0.1, -0.05) is 13.3 Å². The molecule has 1 unspecified atom stereocenters. The SMILES string of the molecule is CCCC(O)CNCc1nnn(C)n1. The predicted octanol–water partition coefficient (Wildman–Crippen LogP) is -0.539. The molecule has 0 amide bonds. The molecule has 0 fully saturated rings. The molecule has 0 radical (unpaired) electrons. The molecule has 1 aromatic heterocycles. The molecule has 0 bridgehead atoms. The van der Waals surface area contributed by atoms with E-state index in [-0.39, 0.29) is 6.10 Å². The topological polar surface area (TPSA) is 75.9 Å². The van der Waals surface area contributed by atoms with E-state index in [1.54, 1.807) is 7.05 Å². The highest BCUT2D eigenvalue weighted by Crippen LogP contribution is 1.94. The summed E-state index contributed by atoms with van der Waals surface area (Å²) in [5.41, 5.74) is 0. The minimum atomic E-state index is -0.281. The van der Waals surface area contributed by atoms with Crippen molar-refractivity contribution in [3.8, 4) is 0 Å². The summed E-state index contributed by atoms with van der Waals surface area (Å²) in [5.74, 6) is 0.649. The number of tetrazole rings is 1. The molecule has 0 aliphatic rings. The Morgan fingerprint density at radius 2 is 2.36 bits per heavy atom. The van der Waals surface area contributed by atoms with Gasteiger partial charge in [0.25, 0.3) is 0 Å². The first-order valence-electron chi connectivity index (χ1n) is 4.84. The van der Waals surface area contributed by atoms with Crippen LogP contribution in [-0.2, 0) is 13.6 Å². The largest absolute Gasteiger partial charge is 0.392 e. The minimum absolute atomic E-state index is 0.281. The van der Waals surface area contributed by atoms with Gasteiger partial charge in [0.2, 0.25) is 0 Å². The summed E-state index contributed by atoms with van der Waals surface area (Å²) in [6, 6.07) is 0. The zero-order valence-electron chi connectivity index (χ0n) is 8.64. The molecule has 0 aliphatic carbocycles. The van der Waals surface area contributed by atoms with Crippen molar-refractivity contribution in [1.82, 2.24) is 25.5 Å². The number of hydrogen-bond donors (Lipinski definition) is 2. The van der Waals surface area contributed by atoms with Gasteiger partial charge in [-0.15, -0.1) is 10.2 Å². The van der Waals surface area contributed by atoms with Crippen LogP contribution in [0, 0.1) is 0 Å². The summed E-state index contributed by atoms with van der Waals surface area (Å²) < 4.78 is 0. The fraction of sp³-hybridized carbons (Fsp3) is 0.875. The average Bonchev–Trinajstić information content (AvgIpc) is 2.52. The second kappa shape index (κ2) is 5.66. The van der Waals surface area contributed by atoms with E-state index in [1.807, 2.05) is 6.92 Å². The molecule has 0 aromatic carbocycles. The molecule has 0 aliphatic heterocycles. The molecule has 0 saturated carbocycles. The van der Waals surface area contributed by atoms with Crippen LogP contribution in [-0.4, -0.2) is 38.0 Å². The van der Waals surface area contributed by atoms with Crippen LogP contribution in [0.5, 0.6) is 0 Å². The lowest BCUT2D eigenvalue weighted by Crippen LogP contribution is -2.26. The lowest BCUT2D eigenvalue weighted by Gasteiger charge is -2.08. The monoisotopic (exact) mass is 199 g/mol. The van der Waals surface area contributed by atoms with Gasteiger partial charge in [-0.05, 0) is 11.6 Å². The number of aryl methyl sites for hydroxylation is 1. The smallest absolute Gasteiger partial charge is 0.188 e. The van der Waals surface area contributed by atoms with Gasteiger partial charge in [0.15, 0.2) is 5.82 Å². The van der Waals surface area contributed by atoms with Crippen molar-refractivity contribution < 1.29 is 5.11 Å². The van der Waals surface area contributed by atoms with Crippen molar-refractivity contribution in [1.29, 1.82) is 0 Å². The minimum Gasteiger partial charge on any atom is -0.392 e. The van der Waals surface area contributed by atoms with Crippen molar-refractivity contribution in [2.45, 2.75) is 32.4 Å². The molecule has 0 spiro atoms. The molecule has 6 nitrogen and oxygen atoms in total. The Labute approximate surface area is 83.3 Å². The van der Waals surface area contributed by atoms with Crippen LogP contribution in [0.2, 0.25) is 0 Å². The van der Waals surface area contributed by atoms with E-state index < -0.39 is 0 Å². The molecule has 1 aromatic rings. The van der Waals surface area contributed by atoms with E-state index in [2.05, 4.69) is 20.7 Å². The van der Waals surface area contributed by atoms with Crippen molar-refractivity contribution >= 4 is 0 Å². The van der Waals surface area contributed by atoms with E-state index in [4.69, 9.17) is 0 Å². The van der Waals surface area contributed by atoms with Crippen LogP contribution >= 0.6 is 0 Å². The molecule has 1 atom stereocenters. The molecule has 6 heteroatoms. The second-order valence-corrected chi connectivity index (χ2v) is 3.27. The third-order valence-electron chi connectivity index (χ3n) is 1.83. The quantitative estimate of drug-likeness (QED) is 0.643. The molecule has 1 rings (SSSR count). The molecule has 1 heterocycles. The molecular formula is C8H17N5O. The van der Waals surface area contributed by atoms with Gasteiger partial charge in [0, 0.05) is 6.54 Å². The Morgan fingerprint density at radius 3 is 2.93 bits per heavy atom. The van der Waals surface area contributed by atoms with Crippen LogP contribution < -0.4 is 5.32 Å². The zero-order chi connectivity index (χ0) is 10.4. The number of nitrogens with one attached hydrogen (secondary N) is 1. The van der Waals surface area contributed by atoms with Crippen LogP contribution in [0.25, 0.3) is 0 Å². The summed E-state index contributed by atoms with van der Waals surface area (Å²) >= 11 is 0. The van der Waals surface area contributed by atoms with Crippen LogP contribution in [0.3, 0.4) is 0 Å². The van der Waals surface area contributed by atoms with Gasteiger partial charge in [-0.3, -0.25) is 0 Å². The second-order valence-electron chi connectivity index (χ2n) is 3.27. The van der Waals surface area contributed by atoms with Gasteiger partial charge >= 0.3 is 0 Å². The normalized spacial score (nSPS) is 13.1. The van der Waals surface area contributed by atoms with E-state index in [0.717, 1.165) is 12.8 Å². The number of hydrogen-bond acceptors (Lipinski definition) is 5. The summed E-state index contributed by atoms with van der Waals surface area (Å²) in [4.78, 5) is 1.42. The molecular weight excluding hydrogens is 182 g/mol. The van der Waals surface area contributed by atoms with Gasteiger partial charge in [-0.25, -0.2) is 0 Å². The Kier molecular flexibility index (Phi) is 4.48. The van der Waals surface area contributed by atoms with Gasteiger partial charge in [-0.2, -0.15) is 4.80 Å². The van der Waals surface area contributed by atoms with Gasteiger partial charge in [0.05, 0.1) is 19.7 Å². The fourth-order valence-electron chi connectivity index (χ4n) is 1.18. The highest BCUT2D eigenvalue weighted by atomic mass is 16.3. The number of rotatable bonds is 6. The average molecular weight is 199 g/mol. The highest BCUT2D eigenvalue weighted by Gasteiger charge is 2.03. The lowest BCUT2D eigenvalue weighted by atomic mass is 10.2. The van der Waals surface area contributed by atoms with Crippen LogP contribution in [0.15, 0.2) is 0 Å². The summed E-state index contributed by atoms with van der Waals surface area (Å²) in [6.45, 7) is 3.17. The first-order valence-corrected chi connectivity index (χ1v) is 4.84. The van der Waals surface area contributed by atoms with E-state index in [0.29, 0.717) is 18.9 Å². The Balaban J connectivity index is 2.15. The van der Waals surface area contributed by atoms with Gasteiger partial charge in [0.1, 0.15) is 0 Å². The lowest BCUT2D eigenvalue weighted by molar-refractivity contribution is 0.160. The Hall–Kier alpha value is -1.01. The number of nitrogens with zero attached hydrogens (tertiary/aromatic N) is 4. The van der Waals surface area contributed by atoms with Gasteiger partial charge < -0.3 is 10.4 Å². The van der Waals surface area contributed by atoms with Crippen molar-refractivity contribution in [3.05, 3.63) is 5.82 Å². The molecule has 80 valence electrons. The maximum Gasteiger partial charge on any atom is 0.188 e. The first-order chi connectivity index (χ1) is 6.72. The Bertz CT molecular complexity index is 262. The maximum absolute atomic E-state index is 9.41. The van der Waals surface area contributed by atoms with Crippen molar-refractivity contribution in [2.75, 3.05) is 6.54 Å². The maximum atomic E-state index is 9.41. The third-order valence-corrected chi connectivity index (χ3v) is 1.83. The van der Waals surface area contributed by atoms with Crippen LogP contribution in [0.4, 0.5) is 0 Å². The number of aliphatic hydroxyl groups excluding tert-OH is 1. The number of aliphatic hydroxyl groups is 1. The van der Waals surface area contributed by atoms with E-state index in [1.165, 1.54) is 4.80 Å². The Morgan fingerprint density at radius 1 is 1.57 bits per heavy atom. The predicted molar refractivity (Wildman–Crippen MR) is 51.4 cm³/mol. The first kappa shape index (κ1) is 11.1. The number of aromatic nitrogens is 4. The third kappa shape index (κ3) is 3.80. The zero-order valence-corrected chi connectivity index (χ0v) is 8.64. The molecule has 0 saturated heterocycles. The van der Waals surface area contributed by atoms with Crippen molar-refractivity contribution in [2.24, 2.45) is 7.05 Å². The summed E-state index contributed by atoms with van der Waals surface area (Å²) in [7, 11) is 1.72. The van der Waals surface area contributed by atoms with E-state index >= 15 is 0 Å². The summed E-state index contributed by atoms with van der Waals surface area (Å²) in [5, 5.41) is 24.0. The molecule has 14 heavy (non-hydrogen) atoms. The van der Waals surface area contributed by atoms with Crippen molar-refractivity contribution in [3.63, 3.8) is 0 Å². The highest BCUT2D eigenvalue weighted by molar-refractivity contribution is 4.75. The molecule has 2 N–H and O–H groups in total. The van der Waals surface area contributed by atoms with E-state index in [9.17, 15) is 5.11 Å². The van der Waals surface area contributed by atoms with Crippen LogP contribution in [0.1, 0.15) is 25.6 Å².